The van der Waals surface area contributed by atoms with E-state index >= 15 is 0 Å². The third kappa shape index (κ3) is 3.99. The van der Waals surface area contributed by atoms with Gasteiger partial charge in [0.1, 0.15) is 6.29 Å². The van der Waals surface area contributed by atoms with Crippen molar-refractivity contribution in [3.63, 3.8) is 0 Å². The molecule has 1 rings (SSSR count). The molecular weight excluding hydrogens is 197 g/mol. The fraction of sp³-hybridized carbons (Fsp3) is 0.273. The van der Waals surface area contributed by atoms with Gasteiger partial charge in [-0.05, 0) is 25.1 Å². The smallest absolute Gasteiger partial charge is 0.213 e. The molecule has 1 aromatic rings. The molecule has 0 N–H and O–H groups in total. The molecule has 0 saturated heterocycles. The fourth-order valence-electron chi connectivity index (χ4n) is 1.02. The fourth-order valence-corrected chi connectivity index (χ4v) is 1.02. The summed E-state index contributed by atoms with van der Waals surface area (Å²) in [4.78, 5) is 14.2. The average Bonchev–Trinajstić information content (AvgIpc) is 2.24. The SMILES string of the molecule is CCOC/C(C=O)=C/c1cccc(F)n1. The maximum absolute atomic E-state index is 12.7. The van der Waals surface area contributed by atoms with Crippen LogP contribution in [0.5, 0.6) is 0 Å². The largest absolute Gasteiger partial charge is 0.377 e. The molecule has 3 nitrogen and oxygen atoms in total. The second-order valence-electron chi connectivity index (χ2n) is 2.86. The van der Waals surface area contributed by atoms with Gasteiger partial charge in [-0.3, -0.25) is 4.79 Å². The lowest BCUT2D eigenvalue weighted by Crippen LogP contribution is -1.99. The van der Waals surface area contributed by atoms with Gasteiger partial charge >= 0.3 is 0 Å². The van der Waals surface area contributed by atoms with Crippen LogP contribution in [0.1, 0.15) is 12.6 Å². The summed E-state index contributed by atoms with van der Waals surface area (Å²) in [5.74, 6) is -0.564. The Balaban J connectivity index is 2.78. The zero-order chi connectivity index (χ0) is 11.1. The van der Waals surface area contributed by atoms with E-state index in [9.17, 15) is 9.18 Å². The number of carbonyl (C=O) groups excluding carboxylic acids is 1. The second-order valence-corrected chi connectivity index (χ2v) is 2.86. The van der Waals surface area contributed by atoms with Crippen LogP contribution in [0, 0.1) is 5.95 Å². The van der Waals surface area contributed by atoms with Gasteiger partial charge in [-0.25, -0.2) is 4.98 Å². The van der Waals surface area contributed by atoms with E-state index in [0.717, 1.165) is 0 Å². The number of aromatic nitrogens is 1. The van der Waals surface area contributed by atoms with Gasteiger partial charge in [0.15, 0.2) is 0 Å². The van der Waals surface area contributed by atoms with Gasteiger partial charge in [-0.1, -0.05) is 6.07 Å². The number of hydrogen-bond donors (Lipinski definition) is 0. The first kappa shape index (κ1) is 11.5. The van der Waals surface area contributed by atoms with Gasteiger partial charge in [-0.15, -0.1) is 0 Å². The van der Waals surface area contributed by atoms with Gasteiger partial charge in [0, 0.05) is 12.2 Å². The highest BCUT2D eigenvalue weighted by Gasteiger charge is 1.98. The molecule has 4 heteroatoms. The number of hydrogen-bond acceptors (Lipinski definition) is 3. The predicted octanol–water partition coefficient (Wildman–Crippen LogP) is 1.84. The number of aldehydes is 1. The van der Waals surface area contributed by atoms with Crippen molar-refractivity contribution in [2.24, 2.45) is 0 Å². The topological polar surface area (TPSA) is 39.2 Å². The maximum atomic E-state index is 12.7. The second kappa shape index (κ2) is 6.03. The highest BCUT2D eigenvalue weighted by Crippen LogP contribution is 2.04. The molecule has 15 heavy (non-hydrogen) atoms. The Labute approximate surface area is 87.6 Å². The third-order valence-electron chi connectivity index (χ3n) is 1.69. The zero-order valence-electron chi connectivity index (χ0n) is 8.44. The summed E-state index contributed by atoms with van der Waals surface area (Å²) in [7, 11) is 0. The standard InChI is InChI=1S/C11H12FNO2/c1-2-15-8-9(7-14)6-10-4-3-5-11(12)13-10/h3-7H,2,8H2,1H3/b9-6+. The Hall–Kier alpha value is -1.55. The minimum Gasteiger partial charge on any atom is -0.377 e. The van der Waals surface area contributed by atoms with E-state index in [1.54, 1.807) is 6.07 Å². The van der Waals surface area contributed by atoms with Crippen molar-refractivity contribution in [2.45, 2.75) is 6.92 Å². The molecule has 0 atom stereocenters. The van der Waals surface area contributed by atoms with E-state index in [-0.39, 0.29) is 6.61 Å². The van der Waals surface area contributed by atoms with Crippen molar-refractivity contribution in [1.82, 2.24) is 4.98 Å². The molecular formula is C11H12FNO2. The molecule has 0 aliphatic rings. The molecule has 0 unspecified atom stereocenters. The lowest BCUT2D eigenvalue weighted by molar-refractivity contribution is -0.105. The first-order valence-corrected chi connectivity index (χ1v) is 4.62. The number of carbonyl (C=O) groups is 1. The summed E-state index contributed by atoms with van der Waals surface area (Å²) in [6, 6.07) is 4.41. The number of ether oxygens (including phenoxy) is 1. The Bertz CT molecular complexity index is 363. The van der Waals surface area contributed by atoms with E-state index in [1.807, 2.05) is 6.92 Å². The van der Waals surface area contributed by atoms with Gasteiger partial charge < -0.3 is 4.74 Å². The molecule has 0 radical (unpaired) electrons. The summed E-state index contributed by atoms with van der Waals surface area (Å²) in [6.45, 7) is 2.59. The van der Waals surface area contributed by atoms with Gasteiger partial charge in [0.05, 0.1) is 12.3 Å². The van der Waals surface area contributed by atoms with Crippen LogP contribution in [-0.4, -0.2) is 24.5 Å². The Morgan fingerprint density at radius 3 is 3.00 bits per heavy atom. The number of nitrogens with zero attached hydrogens (tertiary/aromatic N) is 1. The Morgan fingerprint density at radius 2 is 2.40 bits per heavy atom. The molecule has 1 aromatic heterocycles. The van der Waals surface area contributed by atoms with Crippen LogP contribution >= 0.6 is 0 Å². The molecule has 0 aliphatic heterocycles. The van der Waals surface area contributed by atoms with Gasteiger partial charge in [0.25, 0.3) is 0 Å². The van der Waals surface area contributed by atoms with Crippen molar-refractivity contribution in [3.05, 3.63) is 35.4 Å². The van der Waals surface area contributed by atoms with Crippen LogP contribution in [-0.2, 0) is 9.53 Å². The maximum Gasteiger partial charge on any atom is 0.213 e. The monoisotopic (exact) mass is 209 g/mol. The summed E-state index contributed by atoms with van der Waals surface area (Å²) >= 11 is 0. The molecule has 0 bridgehead atoms. The summed E-state index contributed by atoms with van der Waals surface area (Å²) in [6.07, 6.45) is 2.19. The number of rotatable bonds is 5. The van der Waals surface area contributed by atoms with Crippen molar-refractivity contribution >= 4 is 12.4 Å². The first-order chi connectivity index (χ1) is 7.26. The van der Waals surface area contributed by atoms with Crippen LogP contribution < -0.4 is 0 Å². The van der Waals surface area contributed by atoms with Crippen molar-refractivity contribution < 1.29 is 13.9 Å². The van der Waals surface area contributed by atoms with Crippen LogP contribution in [0.25, 0.3) is 6.08 Å². The lowest BCUT2D eigenvalue weighted by atomic mass is 10.2. The molecule has 0 fully saturated rings. The van der Waals surface area contributed by atoms with Crippen molar-refractivity contribution in [2.75, 3.05) is 13.2 Å². The quantitative estimate of drug-likeness (QED) is 0.422. The molecule has 80 valence electrons. The van der Waals surface area contributed by atoms with E-state index in [2.05, 4.69) is 4.98 Å². The first-order valence-electron chi connectivity index (χ1n) is 4.62. The van der Waals surface area contributed by atoms with Gasteiger partial charge in [-0.2, -0.15) is 4.39 Å². The molecule has 0 amide bonds. The number of halogens is 1. The minimum absolute atomic E-state index is 0.220. The van der Waals surface area contributed by atoms with E-state index < -0.39 is 5.95 Å². The zero-order valence-corrected chi connectivity index (χ0v) is 8.44. The summed E-state index contributed by atoms with van der Waals surface area (Å²) in [5.41, 5.74) is 0.853. The van der Waals surface area contributed by atoms with Crippen molar-refractivity contribution in [3.8, 4) is 0 Å². The highest BCUT2D eigenvalue weighted by molar-refractivity contribution is 5.81. The lowest BCUT2D eigenvalue weighted by Gasteiger charge is -2.00. The van der Waals surface area contributed by atoms with Crippen LogP contribution in [0.4, 0.5) is 4.39 Å². The molecule has 0 spiro atoms. The normalized spacial score (nSPS) is 11.5. The van der Waals surface area contributed by atoms with Crippen molar-refractivity contribution in [1.29, 1.82) is 0 Å². The van der Waals surface area contributed by atoms with Gasteiger partial charge in [0.2, 0.25) is 5.95 Å². The minimum atomic E-state index is -0.564. The predicted molar refractivity (Wildman–Crippen MR) is 54.7 cm³/mol. The van der Waals surface area contributed by atoms with E-state index in [0.29, 0.717) is 24.2 Å². The Morgan fingerprint density at radius 1 is 1.60 bits per heavy atom. The summed E-state index contributed by atoms with van der Waals surface area (Å²) in [5, 5.41) is 0. The molecule has 1 heterocycles. The summed E-state index contributed by atoms with van der Waals surface area (Å²) < 4.78 is 17.8. The molecule has 0 aromatic carbocycles. The van der Waals surface area contributed by atoms with Crippen LogP contribution in [0.15, 0.2) is 23.8 Å². The van der Waals surface area contributed by atoms with E-state index in [4.69, 9.17) is 4.74 Å². The van der Waals surface area contributed by atoms with Crippen LogP contribution in [0.2, 0.25) is 0 Å². The average molecular weight is 209 g/mol. The highest BCUT2D eigenvalue weighted by atomic mass is 19.1. The molecule has 0 aliphatic carbocycles. The van der Waals surface area contributed by atoms with Crippen LogP contribution in [0.3, 0.4) is 0 Å². The number of pyridine rings is 1. The Kier molecular flexibility index (Phi) is 4.63. The molecule has 0 saturated carbocycles. The third-order valence-corrected chi connectivity index (χ3v) is 1.69. The van der Waals surface area contributed by atoms with E-state index in [1.165, 1.54) is 18.2 Å².